The van der Waals surface area contributed by atoms with Gasteiger partial charge in [-0.1, -0.05) is 35.4 Å². The summed E-state index contributed by atoms with van der Waals surface area (Å²) < 4.78 is 5.72. The summed E-state index contributed by atoms with van der Waals surface area (Å²) in [5.74, 6) is 0.650. The molecule has 24 heavy (non-hydrogen) atoms. The summed E-state index contributed by atoms with van der Waals surface area (Å²) in [5.41, 5.74) is 1.43. The Balaban J connectivity index is 1.44. The Bertz CT molecular complexity index is 600. The molecule has 2 heterocycles. The molecule has 3 rings (SSSR count). The van der Waals surface area contributed by atoms with Gasteiger partial charge in [0, 0.05) is 19.6 Å². The molecule has 1 N–H and O–H groups in total. The van der Waals surface area contributed by atoms with Gasteiger partial charge in [0.15, 0.2) is 0 Å². The van der Waals surface area contributed by atoms with E-state index >= 15 is 0 Å². The maximum Gasteiger partial charge on any atom is 0.318 e. The molecule has 0 aliphatic carbocycles. The number of nitrogens with zero attached hydrogens (tertiary/aromatic N) is 4. The van der Waals surface area contributed by atoms with Crippen LogP contribution in [0.4, 0.5) is 6.01 Å². The first-order chi connectivity index (χ1) is 11.8. The van der Waals surface area contributed by atoms with Gasteiger partial charge in [-0.3, -0.25) is 0 Å². The second-order valence-corrected chi connectivity index (χ2v) is 6.28. The molecule has 1 aromatic carbocycles. The molecule has 1 saturated heterocycles. The number of benzene rings is 1. The van der Waals surface area contributed by atoms with Crippen molar-refractivity contribution in [3.05, 3.63) is 41.8 Å². The Morgan fingerprint density at radius 2 is 1.96 bits per heavy atom. The van der Waals surface area contributed by atoms with E-state index in [-0.39, 0.29) is 0 Å². The Morgan fingerprint density at radius 3 is 2.79 bits per heavy atom. The van der Waals surface area contributed by atoms with Crippen LogP contribution >= 0.6 is 0 Å². The quantitative estimate of drug-likeness (QED) is 0.838. The largest absolute Gasteiger partial charge is 0.407 e. The van der Waals surface area contributed by atoms with Gasteiger partial charge in [0.1, 0.15) is 0 Å². The Labute approximate surface area is 143 Å². The topological polar surface area (TPSA) is 57.4 Å². The van der Waals surface area contributed by atoms with Crippen molar-refractivity contribution in [2.24, 2.45) is 0 Å². The van der Waals surface area contributed by atoms with Crippen LogP contribution in [0.5, 0.6) is 0 Å². The van der Waals surface area contributed by atoms with Crippen molar-refractivity contribution in [3.8, 4) is 0 Å². The molecule has 0 saturated carbocycles. The van der Waals surface area contributed by atoms with Gasteiger partial charge < -0.3 is 19.5 Å². The SMILES string of the molecule is CNCc1nnc(N2CCCN(CCCc3ccccc3)CC2)o1. The first-order valence-corrected chi connectivity index (χ1v) is 8.83. The van der Waals surface area contributed by atoms with E-state index in [4.69, 9.17) is 4.42 Å². The summed E-state index contributed by atoms with van der Waals surface area (Å²) in [4.78, 5) is 4.76. The monoisotopic (exact) mass is 329 g/mol. The predicted molar refractivity (Wildman–Crippen MR) is 95.1 cm³/mol. The summed E-state index contributed by atoms with van der Waals surface area (Å²) in [6, 6.07) is 11.4. The van der Waals surface area contributed by atoms with Crippen molar-refractivity contribution in [1.82, 2.24) is 20.4 Å². The summed E-state index contributed by atoms with van der Waals surface area (Å²) in [6.07, 6.45) is 3.49. The molecule has 1 aliphatic heterocycles. The highest BCUT2D eigenvalue weighted by Crippen LogP contribution is 2.15. The lowest BCUT2D eigenvalue weighted by Crippen LogP contribution is -2.31. The zero-order valence-corrected chi connectivity index (χ0v) is 14.4. The van der Waals surface area contributed by atoms with Gasteiger partial charge in [-0.05, 0) is 45.0 Å². The predicted octanol–water partition coefficient (Wildman–Crippen LogP) is 1.93. The van der Waals surface area contributed by atoms with Gasteiger partial charge in [0.05, 0.1) is 6.54 Å². The van der Waals surface area contributed by atoms with Crippen molar-refractivity contribution in [2.75, 3.05) is 44.7 Å². The molecule has 0 atom stereocenters. The van der Waals surface area contributed by atoms with E-state index in [1.165, 1.54) is 12.0 Å². The van der Waals surface area contributed by atoms with Crippen molar-refractivity contribution in [1.29, 1.82) is 0 Å². The minimum Gasteiger partial charge on any atom is -0.407 e. The average molecular weight is 329 g/mol. The van der Waals surface area contributed by atoms with Gasteiger partial charge in [0.2, 0.25) is 5.89 Å². The van der Waals surface area contributed by atoms with Gasteiger partial charge in [-0.25, -0.2) is 0 Å². The Kier molecular flexibility index (Phi) is 6.20. The highest BCUT2D eigenvalue weighted by atomic mass is 16.4. The lowest BCUT2D eigenvalue weighted by atomic mass is 10.1. The summed E-state index contributed by atoms with van der Waals surface area (Å²) >= 11 is 0. The fourth-order valence-corrected chi connectivity index (χ4v) is 3.13. The minimum absolute atomic E-state index is 0.618. The Hall–Kier alpha value is -1.92. The zero-order chi connectivity index (χ0) is 16.6. The van der Waals surface area contributed by atoms with Gasteiger partial charge in [-0.2, -0.15) is 0 Å². The summed E-state index contributed by atoms with van der Waals surface area (Å²) in [7, 11) is 1.88. The second-order valence-electron chi connectivity index (χ2n) is 6.28. The first kappa shape index (κ1) is 16.9. The van der Waals surface area contributed by atoms with Gasteiger partial charge in [-0.15, -0.1) is 5.10 Å². The summed E-state index contributed by atoms with van der Waals surface area (Å²) in [6.45, 7) is 5.90. The van der Waals surface area contributed by atoms with Crippen molar-refractivity contribution < 1.29 is 4.42 Å². The van der Waals surface area contributed by atoms with Crippen molar-refractivity contribution in [3.63, 3.8) is 0 Å². The molecule has 0 spiro atoms. The van der Waals surface area contributed by atoms with Crippen LogP contribution in [-0.4, -0.2) is 54.9 Å². The molecule has 0 bridgehead atoms. The van der Waals surface area contributed by atoms with Gasteiger partial charge >= 0.3 is 6.01 Å². The van der Waals surface area contributed by atoms with Crippen molar-refractivity contribution >= 4 is 6.01 Å². The third-order valence-electron chi connectivity index (χ3n) is 4.43. The average Bonchev–Trinajstić information content (AvgIpc) is 2.94. The highest BCUT2D eigenvalue weighted by Gasteiger charge is 2.19. The zero-order valence-electron chi connectivity index (χ0n) is 14.4. The maximum atomic E-state index is 5.72. The van der Waals surface area contributed by atoms with Crippen molar-refractivity contribution in [2.45, 2.75) is 25.8 Å². The third-order valence-corrected chi connectivity index (χ3v) is 4.43. The summed E-state index contributed by atoms with van der Waals surface area (Å²) in [5, 5.41) is 11.3. The van der Waals surface area contributed by atoms with E-state index < -0.39 is 0 Å². The fourth-order valence-electron chi connectivity index (χ4n) is 3.13. The van der Waals surface area contributed by atoms with Crippen LogP contribution in [0.3, 0.4) is 0 Å². The fraction of sp³-hybridized carbons (Fsp3) is 0.556. The number of hydrogen-bond acceptors (Lipinski definition) is 6. The van der Waals surface area contributed by atoms with E-state index in [0.717, 1.165) is 45.6 Å². The molecular formula is C18H27N5O. The number of rotatable bonds is 7. The van der Waals surface area contributed by atoms with Crippen LogP contribution in [0.2, 0.25) is 0 Å². The molecule has 0 radical (unpaired) electrons. The normalized spacial score (nSPS) is 16.3. The van der Waals surface area contributed by atoms with Crippen LogP contribution in [-0.2, 0) is 13.0 Å². The van der Waals surface area contributed by atoms with Crippen LogP contribution in [0.25, 0.3) is 0 Å². The standard InChI is InChI=1S/C18H27N5O/c1-19-15-17-20-21-18(24-17)23-12-6-11-22(13-14-23)10-5-9-16-7-3-2-4-8-16/h2-4,7-8,19H,5-6,9-15H2,1H3. The molecule has 0 amide bonds. The Morgan fingerprint density at radius 1 is 1.08 bits per heavy atom. The molecule has 1 aliphatic rings. The molecule has 0 unspecified atom stereocenters. The number of aromatic nitrogens is 2. The van der Waals surface area contributed by atoms with E-state index in [0.29, 0.717) is 18.5 Å². The maximum absolute atomic E-state index is 5.72. The van der Waals surface area contributed by atoms with E-state index in [1.807, 2.05) is 7.05 Å². The molecule has 6 nitrogen and oxygen atoms in total. The molecular weight excluding hydrogens is 302 g/mol. The van der Waals surface area contributed by atoms with E-state index in [2.05, 4.69) is 55.6 Å². The van der Waals surface area contributed by atoms with Crippen LogP contribution in [0.1, 0.15) is 24.3 Å². The lowest BCUT2D eigenvalue weighted by molar-refractivity contribution is 0.289. The smallest absolute Gasteiger partial charge is 0.318 e. The molecule has 2 aromatic rings. The highest BCUT2D eigenvalue weighted by molar-refractivity contribution is 5.24. The molecule has 1 aromatic heterocycles. The van der Waals surface area contributed by atoms with Gasteiger partial charge in [0.25, 0.3) is 0 Å². The number of hydrogen-bond donors (Lipinski definition) is 1. The van der Waals surface area contributed by atoms with Crippen LogP contribution in [0.15, 0.2) is 34.7 Å². The minimum atomic E-state index is 0.618. The molecule has 1 fully saturated rings. The second kappa shape index (κ2) is 8.80. The number of anilines is 1. The van der Waals surface area contributed by atoms with E-state index in [9.17, 15) is 0 Å². The molecule has 130 valence electrons. The van der Waals surface area contributed by atoms with E-state index in [1.54, 1.807) is 0 Å². The number of nitrogens with one attached hydrogen (secondary N) is 1. The first-order valence-electron chi connectivity index (χ1n) is 8.83. The molecule has 6 heteroatoms. The van der Waals surface area contributed by atoms with Crippen LogP contribution < -0.4 is 10.2 Å². The number of aryl methyl sites for hydroxylation is 1. The van der Waals surface area contributed by atoms with Crippen LogP contribution in [0, 0.1) is 0 Å². The third kappa shape index (κ3) is 4.79. The lowest BCUT2D eigenvalue weighted by Gasteiger charge is -2.20.